The average Bonchev–Trinajstić information content (AvgIpc) is 3.35. The maximum absolute atomic E-state index is 13.3. The predicted molar refractivity (Wildman–Crippen MR) is 149 cm³/mol. The number of Topliss-reactive ketones (excluding diaryl/α,β-unsaturated/α-hetero) is 1. The molecule has 0 spiro atoms. The van der Waals surface area contributed by atoms with Crippen molar-refractivity contribution in [1.82, 2.24) is 9.71 Å². The van der Waals surface area contributed by atoms with Crippen LogP contribution in [0, 0.1) is 0 Å². The van der Waals surface area contributed by atoms with Crippen LogP contribution in [-0.2, 0) is 14.8 Å². The molecule has 4 aromatic rings. The first-order valence-electron chi connectivity index (χ1n) is 11.4. The Hall–Kier alpha value is -3.37. The summed E-state index contributed by atoms with van der Waals surface area (Å²) in [6, 6.07) is 18.6. The Bertz CT molecular complexity index is 1590. The van der Waals surface area contributed by atoms with E-state index in [1.54, 1.807) is 26.2 Å². The zero-order chi connectivity index (χ0) is 26.7. The SMILES string of the molecule is C=C(C(=O)c1ccc(S(=O)(=O)NC(=O)CC)cc1)c1cc(-c2cc3ccccc3[nH]2)c(OC)cc1OC.[NaH]. The van der Waals surface area contributed by atoms with Gasteiger partial charge in [-0.2, -0.15) is 0 Å². The molecule has 1 amide bonds. The summed E-state index contributed by atoms with van der Waals surface area (Å²) >= 11 is 0. The van der Waals surface area contributed by atoms with Crippen LogP contribution in [0.3, 0.4) is 0 Å². The van der Waals surface area contributed by atoms with Gasteiger partial charge in [-0.1, -0.05) is 31.7 Å². The number of hydrogen-bond donors (Lipinski definition) is 2. The molecule has 0 radical (unpaired) electrons. The minimum absolute atomic E-state index is 0. The monoisotopic (exact) mass is 542 g/mol. The number of H-pyrrole nitrogens is 1. The summed E-state index contributed by atoms with van der Waals surface area (Å²) in [5.41, 5.74) is 3.33. The quantitative estimate of drug-likeness (QED) is 0.185. The number of benzene rings is 3. The standard InChI is InChI=1S/C28H26N2O6S.Na.H/c1-5-27(31)30-37(33,34)20-12-10-18(11-13-20)28(32)17(2)21-15-22(26(36-4)16-25(21)35-3)24-14-19-8-6-7-9-23(19)29-24;;/h6-16,29H,2,5H2,1,3-4H3,(H,30,31);;. The second-order valence-corrected chi connectivity index (χ2v) is 9.92. The molecule has 1 aromatic heterocycles. The van der Waals surface area contributed by atoms with Gasteiger partial charge in [-0.25, -0.2) is 13.1 Å². The van der Waals surface area contributed by atoms with Gasteiger partial charge >= 0.3 is 29.6 Å². The molecule has 2 N–H and O–H groups in total. The van der Waals surface area contributed by atoms with E-state index in [-0.39, 0.29) is 52.0 Å². The number of carbonyl (C=O) groups excluding carboxylic acids is 2. The fraction of sp³-hybridized carbons (Fsp3) is 0.143. The van der Waals surface area contributed by atoms with Crippen LogP contribution in [-0.4, -0.2) is 68.9 Å². The Labute approximate surface area is 243 Å². The van der Waals surface area contributed by atoms with Gasteiger partial charge in [0.2, 0.25) is 5.91 Å². The van der Waals surface area contributed by atoms with Gasteiger partial charge in [-0.05, 0) is 42.5 Å². The zero-order valence-corrected chi connectivity index (χ0v) is 21.4. The molecular weight excluding hydrogens is 515 g/mol. The topological polar surface area (TPSA) is 115 Å². The maximum atomic E-state index is 13.3. The summed E-state index contributed by atoms with van der Waals surface area (Å²) in [4.78, 5) is 28.1. The number of sulfonamides is 1. The Morgan fingerprint density at radius 3 is 2.21 bits per heavy atom. The van der Waals surface area contributed by atoms with Gasteiger partial charge in [-0.3, -0.25) is 9.59 Å². The second kappa shape index (κ2) is 12.0. The number of hydrogen-bond acceptors (Lipinski definition) is 6. The van der Waals surface area contributed by atoms with E-state index in [1.165, 1.54) is 31.4 Å². The van der Waals surface area contributed by atoms with Crippen molar-refractivity contribution in [2.45, 2.75) is 18.2 Å². The number of nitrogens with one attached hydrogen (secondary N) is 2. The van der Waals surface area contributed by atoms with Gasteiger partial charge in [0, 0.05) is 45.7 Å². The molecule has 0 saturated carbocycles. The molecule has 0 aliphatic rings. The van der Waals surface area contributed by atoms with E-state index in [0.29, 0.717) is 17.1 Å². The van der Waals surface area contributed by atoms with Crippen LogP contribution < -0.4 is 14.2 Å². The zero-order valence-electron chi connectivity index (χ0n) is 20.6. The molecule has 8 nitrogen and oxygen atoms in total. The van der Waals surface area contributed by atoms with Crippen LogP contribution in [0.5, 0.6) is 11.5 Å². The molecular formula is C28H27N2NaO6S. The van der Waals surface area contributed by atoms with Gasteiger partial charge in [0.15, 0.2) is 5.78 Å². The third kappa shape index (κ3) is 5.86. The van der Waals surface area contributed by atoms with Gasteiger partial charge in [0.05, 0.1) is 24.8 Å². The Kier molecular flexibility index (Phi) is 9.22. The van der Waals surface area contributed by atoms with Crippen molar-refractivity contribution < 1.29 is 27.5 Å². The fourth-order valence-corrected chi connectivity index (χ4v) is 4.98. The molecule has 3 aromatic carbocycles. The van der Waals surface area contributed by atoms with Crippen molar-refractivity contribution >= 4 is 67.7 Å². The summed E-state index contributed by atoms with van der Waals surface area (Å²) in [6.07, 6.45) is 0.0276. The van der Waals surface area contributed by atoms with Crippen molar-refractivity contribution in [3.05, 3.63) is 84.4 Å². The molecule has 1 heterocycles. The number of rotatable bonds is 9. The molecule has 38 heavy (non-hydrogen) atoms. The van der Waals surface area contributed by atoms with Crippen molar-refractivity contribution in [2.75, 3.05) is 14.2 Å². The molecule has 0 unspecified atom stereocenters. The molecule has 0 atom stereocenters. The summed E-state index contributed by atoms with van der Waals surface area (Å²) in [7, 11) is -0.979. The first-order chi connectivity index (χ1) is 17.7. The minimum atomic E-state index is -4.02. The molecule has 0 fully saturated rings. The van der Waals surface area contributed by atoms with Crippen LogP contribution in [0.4, 0.5) is 0 Å². The van der Waals surface area contributed by atoms with E-state index in [9.17, 15) is 18.0 Å². The van der Waals surface area contributed by atoms with E-state index < -0.39 is 21.7 Å². The van der Waals surface area contributed by atoms with Gasteiger partial charge in [-0.15, -0.1) is 0 Å². The van der Waals surface area contributed by atoms with Crippen LogP contribution in [0.15, 0.2) is 78.2 Å². The normalized spacial score (nSPS) is 10.9. The fourth-order valence-electron chi connectivity index (χ4n) is 3.93. The number of ketones is 1. The third-order valence-corrected chi connectivity index (χ3v) is 7.33. The van der Waals surface area contributed by atoms with E-state index in [0.717, 1.165) is 22.2 Å². The number of fused-ring (bicyclic) bond motifs is 1. The average molecular weight is 543 g/mol. The van der Waals surface area contributed by atoms with E-state index in [1.807, 2.05) is 35.1 Å². The molecule has 192 valence electrons. The van der Waals surface area contributed by atoms with Crippen molar-refractivity contribution in [1.29, 1.82) is 0 Å². The third-order valence-electron chi connectivity index (χ3n) is 5.94. The van der Waals surface area contributed by atoms with Crippen LogP contribution in [0.25, 0.3) is 27.7 Å². The summed E-state index contributed by atoms with van der Waals surface area (Å²) in [5, 5.41) is 1.02. The first-order valence-corrected chi connectivity index (χ1v) is 12.9. The number of carbonyl (C=O) groups is 2. The Morgan fingerprint density at radius 2 is 1.61 bits per heavy atom. The molecule has 0 saturated heterocycles. The van der Waals surface area contributed by atoms with Crippen molar-refractivity contribution in [2.24, 2.45) is 0 Å². The number of para-hydroxylation sites is 1. The molecule has 4 rings (SSSR count). The molecule has 0 bridgehead atoms. The predicted octanol–water partition coefficient (Wildman–Crippen LogP) is 4.31. The number of allylic oxidation sites excluding steroid dienone is 1. The first kappa shape index (κ1) is 29.2. The van der Waals surface area contributed by atoms with Gasteiger partial charge in [0.1, 0.15) is 11.5 Å². The number of amides is 1. The molecule has 0 aliphatic carbocycles. The number of aromatic nitrogens is 1. The van der Waals surface area contributed by atoms with Crippen LogP contribution >= 0.6 is 0 Å². The number of aromatic amines is 1. The van der Waals surface area contributed by atoms with Crippen molar-refractivity contribution in [3.63, 3.8) is 0 Å². The van der Waals surface area contributed by atoms with Gasteiger partial charge in [0.25, 0.3) is 10.0 Å². The molecule has 0 aliphatic heterocycles. The summed E-state index contributed by atoms with van der Waals surface area (Å²) in [5.74, 6) is -0.0777. The Morgan fingerprint density at radius 1 is 0.947 bits per heavy atom. The summed E-state index contributed by atoms with van der Waals surface area (Å²) in [6.45, 7) is 5.56. The number of methoxy groups -OCH3 is 2. The van der Waals surface area contributed by atoms with Crippen LogP contribution in [0.1, 0.15) is 29.3 Å². The number of ether oxygens (including phenoxy) is 2. The van der Waals surface area contributed by atoms with E-state index >= 15 is 0 Å². The van der Waals surface area contributed by atoms with E-state index in [2.05, 4.69) is 11.6 Å². The van der Waals surface area contributed by atoms with Crippen LogP contribution in [0.2, 0.25) is 0 Å². The Balaban J connectivity index is 0.00000400. The molecule has 10 heteroatoms. The van der Waals surface area contributed by atoms with E-state index in [4.69, 9.17) is 9.47 Å². The van der Waals surface area contributed by atoms with Gasteiger partial charge < -0.3 is 14.5 Å². The van der Waals surface area contributed by atoms with Crippen molar-refractivity contribution in [3.8, 4) is 22.8 Å². The second-order valence-electron chi connectivity index (χ2n) is 8.24. The summed E-state index contributed by atoms with van der Waals surface area (Å²) < 4.78 is 37.8.